The van der Waals surface area contributed by atoms with Gasteiger partial charge in [0.15, 0.2) is 11.6 Å². The maximum atomic E-state index is 13.4. The first-order chi connectivity index (χ1) is 22.9. The van der Waals surface area contributed by atoms with Gasteiger partial charge in [0.1, 0.15) is 0 Å². The molecule has 2 fully saturated rings. The number of rotatable bonds is 9. The Morgan fingerprint density at radius 2 is 1.45 bits per heavy atom. The molecule has 0 aromatic heterocycles. The fourth-order valence-corrected chi connectivity index (χ4v) is 7.68. The van der Waals surface area contributed by atoms with Gasteiger partial charge in [-0.3, -0.25) is 9.59 Å². The van der Waals surface area contributed by atoms with Crippen molar-refractivity contribution in [2.45, 2.75) is 111 Å². The maximum Gasteiger partial charge on any atom is 0.167 e. The molecular formula is C45H54O2. The third kappa shape index (κ3) is 8.58. The summed E-state index contributed by atoms with van der Waals surface area (Å²) in [5.41, 5.74) is 11.2. The molecule has 2 saturated carbocycles. The molecule has 0 heterocycles. The minimum Gasteiger partial charge on any atom is -0.294 e. The second kappa shape index (κ2) is 16.4. The lowest BCUT2D eigenvalue weighted by Crippen LogP contribution is -2.17. The topological polar surface area (TPSA) is 34.1 Å². The highest BCUT2D eigenvalue weighted by Gasteiger charge is 2.23. The van der Waals surface area contributed by atoms with E-state index in [1.165, 1.54) is 78.3 Å². The molecule has 47 heavy (non-hydrogen) atoms. The third-order valence-electron chi connectivity index (χ3n) is 10.8. The third-order valence-corrected chi connectivity index (χ3v) is 10.8. The van der Waals surface area contributed by atoms with Crippen molar-refractivity contribution in [3.05, 3.63) is 136 Å². The van der Waals surface area contributed by atoms with Crippen LogP contribution in [0, 0.1) is 18.8 Å². The zero-order valence-corrected chi connectivity index (χ0v) is 29.2. The quantitative estimate of drug-likeness (QED) is 0.221. The highest BCUT2D eigenvalue weighted by atomic mass is 16.1. The molecule has 0 unspecified atom stereocenters. The molecule has 246 valence electrons. The summed E-state index contributed by atoms with van der Waals surface area (Å²) in [6.45, 7) is 12.9. The summed E-state index contributed by atoms with van der Waals surface area (Å²) in [5, 5.41) is 0. The lowest BCUT2D eigenvalue weighted by atomic mass is 9.79. The Morgan fingerprint density at radius 3 is 2.13 bits per heavy atom. The molecule has 0 saturated heterocycles. The summed E-state index contributed by atoms with van der Waals surface area (Å²) in [6.07, 6.45) is 17.3. The van der Waals surface area contributed by atoms with Gasteiger partial charge >= 0.3 is 0 Å². The fraction of sp³-hybridized carbons (Fsp3) is 0.422. The zero-order chi connectivity index (χ0) is 33.3. The van der Waals surface area contributed by atoms with Gasteiger partial charge in [-0.05, 0) is 102 Å². The molecule has 0 radical (unpaired) electrons. The monoisotopic (exact) mass is 626 g/mol. The van der Waals surface area contributed by atoms with Crippen molar-refractivity contribution in [1.82, 2.24) is 0 Å². The summed E-state index contributed by atoms with van der Waals surface area (Å²) in [7, 11) is 0. The summed E-state index contributed by atoms with van der Waals surface area (Å²) in [4.78, 5) is 26.4. The summed E-state index contributed by atoms with van der Waals surface area (Å²) < 4.78 is 0. The summed E-state index contributed by atoms with van der Waals surface area (Å²) in [6, 6.07) is 23.1. The number of benzene rings is 3. The Balaban J connectivity index is 0.00000213. The Hall–Kier alpha value is -3.78. The van der Waals surface area contributed by atoms with Crippen LogP contribution in [0.2, 0.25) is 0 Å². The van der Waals surface area contributed by atoms with Gasteiger partial charge in [-0.25, -0.2) is 0 Å². The molecule has 0 N–H and O–H groups in total. The van der Waals surface area contributed by atoms with Gasteiger partial charge in [-0.1, -0.05) is 138 Å². The molecule has 0 atom stereocenters. The van der Waals surface area contributed by atoms with Crippen LogP contribution in [-0.4, -0.2) is 11.6 Å². The van der Waals surface area contributed by atoms with Crippen LogP contribution in [-0.2, 0) is 12.8 Å². The SMILES string of the molecule is C=C1CC=C(c2cccc(CC(=O)c3ccc(C4CCC(C)CC4)cc3)c2C)C=C1Cc1ccc(C(=O)C2CCCCC2)cc1.CC. The van der Waals surface area contributed by atoms with E-state index in [0.29, 0.717) is 18.1 Å². The minimum atomic E-state index is 0.173. The van der Waals surface area contributed by atoms with Crippen molar-refractivity contribution >= 4 is 17.1 Å². The molecule has 0 bridgehead atoms. The Labute approximate surface area is 284 Å². The predicted octanol–water partition coefficient (Wildman–Crippen LogP) is 12.0. The lowest BCUT2D eigenvalue weighted by Gasteiger charge is -2.26. The second-order valence-electron chi connectivity index (χ2n) is 14.0. The van der Waals surface area contributed by atoms with Crippen molar-refractivity contribution in [2.24, 2.45) is 11.8 Å². The largest absolute Gasteiger partial charge is 0.294 e. The van der Waals surface area contributed by atoms with Crippen molar-refractivity contribution < 1.29 is 9.59 Å². The zero-order valence-electron chi connectivity index (χ0n) is 29.2. The van der Waals surface area contributed by atoms with Crippen LogP contribution in [0.3, 0.4) is 0 Å². The molecule has 0 aliphatic heterocycles. The first kappa shape index (κ1) is 34.6. The van der Waals surface area contributed by atoms with Crippen LogP contribution in [0.15, 0.2) is 96.6 Å². The molecular weight excluding hydrogens is 572 g/mol. The Bertz CT molecular complexity index is 1600. The molecule has 6 rings (SSSR count). The van der Waals surface area contributed by atoms with Crippen molar-refractivity contribution in [1.29, 1.82) is 0 Å². The lowest BCUT2D eigenvalue weighted by molar-refractivity contribution is 0.0889. The van der Waals surface area contributed by atoms with Crippen LogP contribution in [0.4, 0.5) is 0 Å². The van der Waals surface area contributed by atoms with E-state index in [4.69, 9.17) is 0 Å². The Morgan fingerprint density at radius 1 is 0.787 bits per heavy atom. The second-order valence-corrected chi connectivity index (χ2v) is 14.0. The predicted molar refractivity (Wildman–Crippen MR) is 198 cm³/mol. The van der Waals surface area contributed by atoms with E-state index in [0.717, 1.165) is 53.9 Å². The fourth-order valence-electron chi connectivity index (χ4n) is 7.68. The van der Waals surface area contributed by atoms with E-state index >= 15 is 0 Å². The number of carbonyl (C=O) groups excluding carboxylic acids is 2. The number of hydrogen-bond acceptors (Lipinski definition) is 2. The van der Waals surface area contributed by atoms with Gasteiger partial charge < -0.3 is 0 Å². The van der Waals surface area contributed by atoms with Crippen molar-refractivity contribution in [2.75, 3.05) is 0 Å². The average Bonchev–Trinajstić information content (AvgIpc) is 3.12. The van der Waals surface area contributed by atoms with Gasteiger partial charge in [0.2, 0.25) is 0 Å². The molecule has 2 heteroatoms. The van der Waals surface area contributed by atoms with E-state index in [2.05, 4.69) is 75.0 Å². The maximum absolute atomic E-state index is 13.4. The molecule has 3 aromatic rings. The number of ketones is 2. The first-order valence-electron chi connectivity index (χ1n) is 18.3. The van der Waals surface area contributed by atoms with Gasteiger partial charge in [-0.2, -0.15) is 0 Å². The van der Waals surface area contributed by atoms with E-state index in [9.17, 15) is 9.59 Å². The molecule has 0 amide bonds. The number of hydrogen-bond donors (Lipinski definition) is 0. The van der Waals surface area contributed by atoms with E-state index < -0.39 is 0 Å². The summed E-state index contributed by atoms with van der Waals surface area (Å²) >= 11 is 0. The molecule has 3 aliphatic carbocycles. The van der Waals surface area contributed by atoms with Crippen molar-refractivity contribution in [3.8, 4) is 0 Å². The number of Topliss-reactive ketones (excluding diaryl/α,β-unsaturated/α-hetero) is 2. The standard InChI is InChI=1S/C43H48O2.C2H6/c1-29-12-17-33(18-13-29)34-22-24-35(25-23-34)42(44)28-38-10-7-11-41(31(38)3)39-19-14-30(2)40(27-39)26-32-15-20-37(21-16-32)43(45)36-8-5-4-6-9-36;1-2/h7,10-11,15-16,19-25,27,29,33,36H,2,4-6,8-9,12-14,17-18,26,28H2,1,3H3;1-2H3. The van der Waals surface area contributed by atoms with Crippen LogP contribution in [0.25, 0.3) is 5.57 Å². The molecule has 0 spiro atoms. The number of allylic oxidation sites excluding steroid dienone is 5. The molecule has 3 aromatic carbocycles. The van der Waals surface area contributed by atoms with Crippen LogP contribution >= 0.6 is 0 Å². The van der Waals surface area contributed by atoms with E-state index in [-0.39, 0.29) is 11.7 Å². The minimum absolute atomic E-state index is 0.173. The van der Waals surface area contributed by atoms with Crippen LogP contribution in [0.5, 0.6) is 0 Å². The normalized spacial score (nSPS) is 20.0. The van der Waals surface area contributed by atoms with E-state index in [1.54, 1.807) is 0 Å². The van der Waals surface area contributed by atoms with Gasteiger partial charge in [-0.15, -0.1) is 0 Å². The smallest absolute Gasteiger partial charge is 0.167 e. The Kier molecular flexibility index (Phi) is 12.0. The van der Waals surface area contributed by atoms with Gasteiger partial charge in [0.25, 0.3) is 0 Å². The molecule has 3 aliphatic rings. The van der Waals surface area contributed by atoms with Crippen LogP contribution < -0.4 is 0 Å². The number of carbonyl (C=O) groups is 2. The van der Waals surface area contributed by atoms with Gasteiger partial charge in [0, 0.05) is 23.5 Å². The van der Waals surface area contributed by atoms with E-state index in [1.807, 2.05) is 38.1 Å². The highest BCUT2D eigenvalue weighted by molar-refractivity contribution is 5.98. The van der Waals surface area contributed by atoms with Gasteiger partial charge in [0.05, 0.1) is 0 Å². The van der Waals surface area contributed by atoms with Crippen molar-refractivity contribution in [3.63, 3.8) is 0 Å². The summed E-state index contributed by atoms with van der Waals surface area (Å²) in [5.74, 6) is 2.16. The van der Waals surface area contributed by atoms with Crippen LogP contribution in [0.1, 0.15) is 139 Å². The average molecular weight is 627 g/mol. The highest BCUT2D eigenvalue weighted by Crippen LogP contribution is 2.36. The first-order valence-corrected chi connectivity index (χ1v) is 18.3. The molecule has 2 nitrogen and oxygen atoms in total.